The zero-order chi connectivity index (χ0) is 14.8. The maximum absolute atomic E-state index is 12.0. The predicted octanol–water partition coefficient (Wildman–Crippen LogP) is 2.13. The number of hydrogen-bond donors (Lipinski definition) is 1. The van der Waals surface area contributed by atoms with Crippen molar-refractivity contribution in [2.24, 2.45) is 0 Å². The van der Waals surface area contributed by atoms with E-state index in [-0.39, 0.29) is 16.0 Å². The van der Waals surface area contributed by atoms with Gasteiger partial charge in [-0.1, -0.05) is 0 Å². The first kappa shape index (κ1) is 14.4. The van der Waals surface area contributed by atoms with Crippen molar-refractivity contribution in [1.29, 1.82) is 0 Å². The van der Waals surface area contributed by atoms with Gasteiger partial charge in [-0.05, 0) is 42.8 Å². The molecule has 1 N–H and O–H groups in total. The zero-order valence-corrected chi connectivity index (χ0v) is 11.9. The van der Waals surface area contributed by atoms with Crippen molar-refractivity contribution >= 4 is 33.1 Å². The highest BCUT2D eigenvalue weighted by Crippen LogP contribution is 2.16. The van der Waals surface area contributed by atoms with Crippen LogP contribution in [0.1, 0.15) is 17.3 Å². The normalized spacial score (nSPS) is 11.1. The molecule has 1 aromatic heterocycles. The van der Waals surface area contributed by atoms with Gasteiger partial charge in [0.05, 0.1) is 12.4 Å². The Bertz CT molecular complexity index is 728. The largest absolute Gasteiger partial charge is 0.295 e. The lowest BCUT2D eigenvalue weighted by molar-refractivity contribution is 0.101. The van der Waals surface area contributed by atoms with Crippen molar-refractivity contribution in [3.05, 3.63) is 47.5 Å². The van der Waals surface area contributed by atoms with Crippen LogP contribution >= 0.6 is 11.6 Å². The Morgan fingerprint density at radius 1 is 1.15 bits per heavy atom. The summed E-state index contributed by atoms with van der Waals surface area (Å²) in [7, 11) is -3.78. The maximum atomic E-state index is 12.0. The van der Waals surface area contributed by atoms with E-state index in [1.54, 1.807) is 12.1 Å². The summed E-state index contributed by atoms with van der Waals surface area (Å²) in [6.07, 6.45) is 2.23. The van der Waals surface area contributed by atoms with Gasteiger partial charge in [-0.3, -0.25) is 9.52 Å². The second kappa shape index (κ2) is 5.56. The molecule has 0 bridgehead atoms. The standard InChI is InChI=1S/C12H10ClN3O3S/c1-8(17)9-2-4-10(5-3-9)16-20(18,19)11-6-14-12(13)15-7-11/h2-7,16H,1H3. The highest BCUT2D eigenvalue weighted by Gasteiger charge is 2.15. The second-order valence-corrected chi connectivity index (χ2v) is 5.95. The molecule has 0 aliphatic rings. The molecule has 0 amide bonds. The first-order valence-electron chi connectivity index (χ1n) is 5.50. The van der Waals surface area contributed by atoms with Gasteiger partial charge in [0.25, 0.3) is 10.0 Å². The molecule has 0 aliphatic carbocycles. The van der Waals surface area contributed by atoms with Gasteiger partial charge >= 0.3 is 0 Å². The van der Waals surface area contributed by atoms with Crippen LogP contribution in [0, 0.1) is 0 Å². The number of sulfonamides is 1. The van der Waals surface area contributed by atoms with Gasteiger partial charge in [-0.15, -0.1) is 0 Å². The van der Waals surface area contributed by atoms with Crippen molar-refractivity contribution in [3.63, 3.8) is 0 Å². The maximum Gasteiger partial charge on any atom is 0.264 e. The molecule has 0 radical (unpaired) electrons. The van der Waals surface area contributed by atoms with Gasteiger partial charge in [-0.2, -0.15) is 0 Å². The molecule has 1 heterocycles. The first-order chi connectivity index (χ1) is 9.38. The monoisotopic (exact) mass is 311 g/mol. The third-order valence-electron chi connectivity index (χ3n) is 2.45. The number of rotatable bonds is 4. The number of benzene rings is 1. The number of anilines is 1. The van der Waals surface area contributed by atoms with Crippen LogP contribution < -0.4 is 4.72 Å². The lowest BCUT2D eigenvalue weighted by Crippen LogP contribution is -2.13. The Hall–Kier alpha value is -1.99. The molecule has 6 nitrogen and oxygen atoms in total. The molecule has 0 spiro atoms. The molecule has 0 atom stereocenters. The van der Waals surface area contributed by atoms with E-state index in [4.69, 9.17) is 11.6 Å². The van der Waals surface area contributed by atoms with Crippen LogP contribution in [0.25, 0.3) is 0 Å². The Kier molecular flexibility index (Phi) is 4.01. The molecule has 0 fully saturated rings. The SMILES string of the molecule is CC(=O)c1ccc(NS(=O)(=O)c2cnc(Cl)nc2)cc1. The van der Waals surface area contributed by atoms with Gasteiger partial charge in [0, 0.05) is 11.3 Å². The van der Waals surface area contributed by atoms with E-state index >= 15 is 0 Å². The van der Waals surface area contributed by atoms with E-state index in [0.717, 1.165) is 12.4 Å². The van der Waals surface area contributed by atoms with Gasteiger partial charge in [-0.25, -0.2) is 18.4 Å². The molecular formula is C12H10ClN3O3S. The molecule has 20 heavy (non-hydrogen) atoms. The summed E-state index contributed by atoms with van der Waals surface area (Å²) in [6, 6.07) is 6.09. The molecule has 1 aromatic carbocycles. The summed E-state index contributed by atoms with van der Waals surface area (Å²) in [5.74, 6) is -0.0921. The fourth-order valence-electron chi connectivity index (χ4n) is 1.43. The van der Waals surface area contributed by atoms with Crippen LogP contribution in [-0.4, -0.2) is 24.2 Å². The van der Waals surface area contributed by atoms with Gasteiger partial charge in [0.15, 0.2) is 5.78 Å². The fourth-order valence-corrected chi connectivity index (χ4v) is 2.47. The summed E-state index contributed by atoms with van der Waals surface area (Å²) in [6.45, 7) is 1.43. The second-order valence-electron chi connectivity index (χ2n) is 3.93. The quantitative estimate of drug-likeness (QED) is 0.690. The average Bonchev–Trinajstić information content (AvgIpc) is 2.39. The van der Waals surface area contributed by atoms with Crippen molar-refractivity contribution in [2.75, 3.05) is 4.72 Å². The van der Waals surface area contributed by atoms with Crippen molar-refractivity contribution < 1.29 is 13.2 Å². The summed E-state index contributed by atoms with van der Waals surface area (Å²) in [5, 5.41) is -0.0326. The number of carbonyl (C=O) groups is 1. The van der Waals surface area contributed by atoms with Crippen LogP contribution in [0.15, 0.2) is 41.6 Å². The van der Waals surface area contributed by atoms with E-state index in [1.165, 1.54) is 19.1 Å². The first-order valence-corrected chi connectivity index (χ1v) is 7.36. The van der Waals surface area contributed by atoms with Crippen LogP contribution in [0.4, 0.5) is 5.69 Å². The molecule has 0 saturated carbocycles. The molecule has 104 valence electrons. The minimum atomic E-state index is -3.78. The predicted molar refractivity (Wildman–Crippen MR) is 74.3 cm³/mol. The third-order valence-corrected chi connectivity index (χ3v) is 3.98. The molecule has 2 aromatic rings. The molecule has 0 aliphatic heterocycles. The van der Waals surface area contributed by atoms with E-state index in [0.29, 0.717) is 11.3 Å². The van der Waals surface area contributed by atoms with Crippen molar-refractivity contribution in [2.45, 2.75) is 11.8 Å². The number of Topliss-reactive ketones (excluding diaryl/α,β-unsaturated/α-hetero) is 1. The minimum Gasteiger partial charge on any atom is -0.295 e. The lowest BCUT2D eigenvalue weighted by Gasteiger charge is -2.07. The summed E-state index contributed by atoms with van der Waals surface area (Å²) in [5.41, 5.74) is 0.840. The fraction of sp³-hybridized carbons (Fsp3) is 0.0833. The van der Waals surface area contributed by atoms with Crippen molar-refractivity contribution in [1.82, 2.24) is 9.97 Å². The van der Waals surface area contributed by atoms with E-state index in [9.17, 15) is 13.2 Å². The lowest BCUT2D eigenvalue weighted by atomic mass is 10.1. The molecule has 2 rings (SSSR count). The number of halogens is 1. The number of ketones is 1. The topological polar surface area (TPSA) is 89.0 Å². The summed E-state index contributed by atoms with van der Waals surface area (Å²) >= 11 is 5.50. The summed E-state index contributed by atoms with van der Waals surface area (Å²) < 4.78 is 26.4. The Balaban J connectivity index is 2.24. The highest BCUT2D eigenvalue weighted by molar-refractivity contribution is 7.92. The number of carbonyl (C=O) groups excluding carboxylic acids is 1. The zero-order valence-electron chi connectivity index (χ0n) is 10.4. The third kappa shape index (κ3) is 3.31. The van der Waals surface area contributed by atoms with Crippen LogP contribution in [0.2, 0.25) is 5.28 Å². The average molecular weight is 312 g/mol. The number of nitrogens with zero attached hydrogens (tertiary/aromatic N) is 2. The Morgan fingerprint density at radius 3 is 2.20 bits per heavy atom. The molecule has 0 saturated heterocycles. The number of nitrogens with one attached hydrogen (secondary N) is 1. The Morgan fingerprint density at radius 2 is 1.70 bits per heavy atom. The van der Waals surface area contributed by atoms with Crippen LogP contribution in [-0.2, 0) is 10.0 Å². The van der Waals surface area contributed by atoms with E-state index < -0.39 is 10.0 Å². The molecule has 0 unspecified atom stereocenters. The van der Waals surface area contributed by atoms with Crippen LogP contribution in [0.5, 0.6) is 0 Å². The number of hydrogen-bond acceptors (Lipinski definition) is 5. The highest BCUT2D eigenvalue weighted by atomic mass is 35.5. The van der Waals surface area contributed by atoms with Gasteiger partial charge < -0.3 is 0 Å². The van der Waals surface area contributed by atoms with Gasteiger partial charge in [0.2, 0.25) is 5.28 Å². The van der Waals surface area contributed by atoms with Gasteiger partial charge in [0.1, 0.15) is 4.90 Å². The minimum absolute atomic E-state index is 0.0326. The van der Waals surface area contributed by atoms with E-state index in [2.05, 4.69) is 14.7 Å². The molecular weight excluding hydrogens is 302 g/mol. The Labute approximate surface area is 120 Å². The summed E-state index contributed by atoms with van der Waals surface area (Å²) in [4.78, 5) is 18.3. The smallest absolute Gasteiger partial charge is 0.264 e. The van der Waals surface area contributed by atoms with Crippen molar-refractivity contribution in [3.8, 4) is 0 Å². The van der Waals surface area contributed by atoms with E-state index in [1.807, 2.05) is 0 Å². The number of aromatic nitrogens is 2. The van der Waals surface area contributed by atoms with Crippen LogP contribution in [0.3, 0.4) is 0 Å². The molecule has 8 heteroatoms.